The number of carboxylic acids is 1. The van der Waals surface area contributed by atoms with Crippen molar-refractivity contribution in [3.8, 4) is 0 Å². The molecule has 0 fully saturated rings. The number of rotatable bonds is 9. The van der Waals surface area contributed by atoms with Gasteiger partial charge in [-0.05, 0) is 25.2 Å². The second kappa shape index (κ2) is 8.52. The molecule has 0 bridgehead atoms. The average molecular weight is 288 g/mol. The molecule has 7 nitrogen and oxygen atoms in total. The molecule has 116 valence electrons. The Bertz CT molecular complexity index is 355. The van der Waals surface area contributed by atoms with Crippen LogP contribution in [0, 0.1) is 5.41 Å². The average Bonchev–Trinajstić information content (AvgIpc) is 2.35. The normalized spacial score (nSPS) is 12.6. The molecule has 0 aliphatic carbocycles. The van der Waals surface area contributed by atoms with E-state index in [1.165, 1.54) is 0 Å². The number of carboxylic acid groups (broad SMARTS) is 1. The SMILES string of the molecule is CCOC(=O)C(N)C(=O)NCCC(C)(C)CCC(=O)O. The quantitative estimate of drug-likeness (QED) is 0.414. The van der Waals surface area contributed by atoms with E-state index in [2.05, 4.69) is 10.1 Å². The summed E-state index contributed by atoms with van der Waals surface area (Å²) in [6.07, 6.45) is 1.20. The smallest absolute Gasteiger partial charge is 0.332 e. The Balaban J connectivity index is 4.07. The van der Waals surface area contributed by atoms with Crippen LogP contribution >= 0.6 is 0 Å². The number of aliphatic carboxylic acids is 1. The first kappa shape index (κ1) is 18.4. The molecule has 1 unspecified atom stereocenters. The molecular formula is C13H24N2O5. The Kier molecular flexibility index (Phi) is 7.83. The second-order valence-corrected chi connectivity index (χ2v) is 5.33. The predicted molar refractivity (Wildman–Crippen MR) is 72.9 cm³/mol. The van der Waals surface area contributed by atoms with Crippen LogP contribution in [0.4, 0.5) is 0 Å². The Morgan fingerprint density at radius 3 is 2.40 bits per heavy atom. The van der Waals surface area contributed by atoms with Crippen LogP contribution in [0.15, 0.2) is 0 Å². The van der Waals surface area contributed by atoms with Crippen LogP contribution < -0.4 is 11.1 Å². The van der Waals surface area contributed by atoms with E-state index in [0.717, 1.165) is 0 Å². The first-order valence-electron chi connectivity index (χ1n) is 6.61. The molecule has 20 heavy (non-hydrogen) atoms. The highest BCUT2D eigenvalue weighted by molar-refractivity contribution is 6.01. The molecule has 0 aromatic heterocycles. The largest absolute Gasteiger partial charge is 0.481 e. The molecule has 0 radical (unpaired) electrons. The number of ether oxygens (including phenoxy) is 1. The predicted octanol–water partition coefficient (Wildman–Crippen LogP) is 0.274. The molecular weight excluding hydrogens is 264 g/mol. The van der Waals surface area contributed by atoms with Crippen molar-refractivity contribution in [1.29, 1.82) is 0 Å². The molecule has 1 amide bonds. The van der Waals surface area contributed by atoms with Crippen molar-refractivity contribution >= 4 is 17.8 Å². The van der Waals surface area contributed by atoms with E-state index in [1.807, 2.05) is 13.8 Å². The van der Waals surface area contributed by atoms with E-state index in [9.17, 15) is 14.4 Å². The van der Waals surface area contributed by atoms with Gasteiger partial charge in [-0.15, -0.1) is 0 Å². The van der Waals surface area contributed by atoms with Gasteiger partial charge in [0.15, 0.2) is 6.04 Å². The third-order valence-electron chi connectivity index (χ3n) is 2.94. The van der Waals surface area contributed by atoms with E-state index in [4.69, 9.17) is 10.8 Å². The molecule has 0 saturated heterocycles. The third-order valence-corrected chi connectivity index (χ3v) is 2.94. The number of nitrogens with one attached hydrogen (secondary N) is 1. The van der Waals surface area contributed by atoms with Crippen molar-refractivity contribution in [3.63, 3.8) is 0 Å². The highest BCUT2D eigenvalue weighted by Crippen LogP contribution is 2.25. The van der Waals surface area contributed by atoms with E-state index >= 15 is 0 Å². The Morgan fingerprint density at radius 1 is 1.30 bits per heavy atom. The summed E-state index contributed by atoms with van der Waals surface area (Å²) in [6.45, 7) is 5.98. The van der Waals surface area contributed by atoms with Gasteiger partial charge in [0.2, 0.25) is 5.91 Å². The van der Waals surface area contributed by atoms with Gasteiger partial charge < -0.3 is 20.9 Å². The third kappa shape index (κ3) is 7.73. The lowest BCUT2D eigenvalue weighted by molar-refractivity contribution is -0.148. The number of carbonyl (C=O) groups excluding carboxylic acids is 2. The van der Waals surface area contributed by atoms with Crippen LogP contribution in [-0.4, -0.2) is 42.1 Å². The fourth-order valence-corrected chi connectivity index (χ4v) is 1.54. The van der Waals surface area contributed by atoms with Crippen molar-refractivity contribution in [2.45, 2.75) is 46.1 Å². The van der Waals surface area contributed by atoms with Crippen molar-refractivity contribution in [2.24, 2.45) is 11.1 Å². The number of hydrogen-bond donors (Lipinski definition) is 3. The van der Waals surface area contributed by atoms with Gasteiger partial charge >= 0.3 is 11.9 Å². The molecule has 0 heterocycles. The van der Waals surface area contributed by atoms with Gasteiger partial charge in [-0.1, -0.05) is 13.8 Å². The summed E-state index contributed by atoms with van der Waals surface area (Å²) < 4.78 is 4.65. The number of carbonyl (C=O) groups is 3. The summed E-state index contributed by atoms with van der Waals surface area (Å²) in [6, 6.07) is -1.32. The van der Waals surface area contributed by atoms with Gasteiger partial charge in [-0.2, -0.15) is 0 Å². The molecule has 0 aromatic rings. The summed E-state index contributed by atoms with van der Waals surface area (Å²) >= 11 is 0. The van der Waals surface area contributed by atoms with Gasteiger partial charge in [-0.3, -0.25) is 9.59 Å². The lowest BCUT2D eigenvalue weighted by Crippen LogP contribution is -2.47. The topological polar surface area (TPSA) is 119 Å². The van der Waals surface area contributed by atoms with Crippen LogP contribution in [0.25, 0.3) is 0 Å². The van der Waals surface area contributed by atoms with Crippen LogP contribution in [-0.2, 0) is 19.1 Å². The highest BCUT2D eigenvalue weighted by Gasteiger charge is 2.24. The standard InChI is InChI=1S/C13H24N2O5/c1-4-20-12(19)10(14)11(18)15-8-7-13(2,3)6-5-9(16)17/h10H,4-8,14H2,1-3H3,(H,15,18)(H,16,17). The molecule has 0 aromatic carbocycles. The van der Waals surface area contributed by atoms with Crippen LogP contribution in [0.3, 0.4) is 0 Å². The molecule has 7 heteroatoms. The van der Waals surface area contributed by atoms with Crippen LogP contribution in [0.1, 0.15) is 40.0 Å². The lowest BCUT2D eigenvalue weighted by atomic mass is 9.84. The van der Waals surface area contributed by atoms with Crippen molar-refractivity contribution < 1.29 is 24.2 Å². The monoisotopic (exact) mass is 288 g/mol. The van der Waals surface area contributed by atoms with Gasteiger partial charge in [-0.25, -0.2) is 4.79 Å². The summed E-state index contributed by atoms with van der Waals surface area (Å²) in [4.78, 5) is 33.3. The summed E-state index contributed by atoms with van der Waals surface area (Å²) in [5.74, 6) is -2.18. The summed E-state index contributed by atoms with van der Waals surface area (Å²) in [5, 5.41) is 11.2. The first-order valence-corrected chi connectivity index (χ1v) is 6.61. The molecule has 0 spiro atoms. The van der Waals surface area contributed by atoms with E-state index in [-0.39, 0.29) is 18.4 Å². The fraction of sp³-hybridized carbons (Fsp3) is 0.769. The fourth-order valence-electron chi connectivity index (χ4n) is 1.54. The minimum Gasteiger partial charge on any atom is -0.481 e. The molecule has 1 atom stereocenters. The van der Waals surface area contributed by atoms with E-state index in [1.54, 1.807) is 6.92 Å². The molecule has 0 aliphatic heterocycles. The Morgan fingerprint density at radius 2 is 1.90 bits per heavy atom. The first-order chi connectivity index (χ1) is 9.19. The van der Waals surface area contributed by atoms with Gasteiger partial charge in [0.1, 0.15) is 0 Å². The van der Waals surface area contributed by atoms with Crippen molar-refractivity contribution in [2.75, 3.05) is 13.2 Å². The van der Waals surface area contributed by atoms with Crippen molar-refractivity contribution in [1.82, 2.24) is 5.32 Å². The van der Waals surface area contributed by atoms with E-state index < -0.39 is 23.9 Å². The zero-order valence-corrected chi connectivity index (χ0v) is 12.3. The van der Waals surface area contributed by atoms with Gasteiger partial charge in [0, 0.05) is 13.0 Å². The maximum atomic E-state index is 11.6. The zero-order chi connectivity index (χ0) is 15.8. The zero-order valence-electron chi connectivity index (χ0n) is 12.3. The highest BCUT2D eigenvalue weighted by atomic mass is 16.5. The lowest BCUT2D eigenvalue weighted by Gasteiger charge is -2.24. The van der Waals surface area contributed by atoms with Crippen LogP contribution in [0.2, 0.25) is 0 Å². The Hall–Kier alpha value is -1.63. The second-order valence-electron chi connectivity index (χ2n) is 5.33. The van der Waals surface area contributed by atoms with Gasteiger partial charge in [0.25, 0.3) is 0 Å². The van der Waals surface area contributed by atoms with E-state index in [0.29, 0.717) is 19.4 Å². The minimum atomic E-state index is -1.32. The van der Waals surface area contributed by atoms with Crippen LogP contribution in [0.5, 0.6) is 0 Å². The minimum absolute atomic E-state index is 0.0866. The number of nitrogens with two attached hydrogens (primary N) is 1. The summed E-state index contributed by atoms with van der Waals surface area (Å²) in [5.41, 5.74) is 5.22. The molecule has 4 N–H and O–H groups in total. The maximum Gasteiger partial charge on any atom is 0.332 e. The van der Waals surface area contributed by atoms with Gasteiger partial charge in [0.05, 0.1) is 6.61 Å². The molecule has 0 aliphatic rings. The number of esters is 1. The molecule has 0 saturated carbocycles. The maximum absolute atomic E-state index is 11.6. The Labute approximate surface area is 118 Å². The van der Waals surface area contributed by atoms with Crippen molar-refractivity contribution in [3.05, 3.63) is 0 Å². The molecule has 0 rings (SSSR count). The number of hydrogen-bond acceptors (Lipinski definition) is 5. The number of amides is 1. The summed E-state index contributed by atoms with van der Waals surface area (Å²) in [7, 11) is 0.